The molecule has 0 bridgehead atoms. The molecule has 6 nitrogen and oxygen atoms in total. The Morgan fingerprint density at radius 1 is 1.42 bits per heavy atom. The Morgan fingerprint density at radius 2 is 2.00 bits per heavy atom. The van der Waals surface area contributed by atoms with Crippen molar-refractivity contribution in [2.24, 2.45) is 0 Å². The fourth-order valence-electron chi connectivity index (χ4n) is 1.70. The van der Waals surface area contributed by atoms with Gasteiger partial charge in [-0.25, -0.2) is 18.4 Å². The number of amides is 2. The third-order valence-corrected chi connectivity index (χ3v) is 2.64. The summed E-state index contributed by atoms with van der Waals surface area (Å²) in [6.45, 7) is 2.19. The molecule has 0 saturated carbocycles. The normalized spacial score (nSPS) is 17.8. The van der Waals surface area contributed by atoms with Crippen LogP contribution in [0.5, 0.6) is 0 Å². The van der Waals surface area contributed by atoms with Gasteiger partial charge in [0.15, 0.2) is 0 Å². The molecule has 1 rings (SSSR count). The van der Waals surface area contributed by atoms with E-state index in [9.17, 15) is 18.4 Å². The summed E-state index contributed by atoms with van der Waals surface area (Å²) in [5.74, 6) is -3.96. The molecule has 1 fully saturated rings. The molecule has 1 N–H and O–H groups in total. The maximum absolute atomic E-state index is 13.0. The zero-order chi connectivity index (χ0) is 14.5. The highest BCUT2D eigenvalue weighted by atomic mass is 19.3. The van der Waals surface area contributed by atoms with Crippen LogP contribution in [0.3, 0.4) is 0 Å². The number of nitrogens with one attached hydrogen (secondary N) is 1. The first-order valence-corrected chi connectivity index (χ1v) is 5.92. The van der Waals surface area contributed by atoms with Crippen LogP contribution in [-0.2, 0) is 14.3 Å². The lowest BCUT2D eigenvalue weighted by Crippen LogP contribution is -2.52. The van der Waals surface area contributed by atoms with Gasteiger partial charge in [0.25, 0.3) is 0 Å². The van der Waals surface area contributed by atoms with Gasteiger partial charge in [-0.1, -0.05) is 0 Å². The second kappa shape index (κ2) is 6.65. The minimum Gasteiger partial charge on any atom is -0.467 e. The van der Waals surface area contributed by atoms with Crippen molar-refractivity contribution in [2.45, 2.75) is 25.3 Å². The number of morpholine rings is 1. The lowest BCUT2D eigenvalue weighted by Gasteiger charge is -2.29. The minimum atomic E-state index is -3.07. The van der Waals surface area contributed by atoms with Crippen LogP contribution in [0.15, 0.2) is 0 Å². The molecule has 1 atom stereocenters. The van der Waals surface area contributed by atoms with E-state index in [1.807, 2.05) is 0 Å². The van der Waals surface area contributed by atoms with Crippen LogP contribution < -0.4 is 5.32 Å². The van der Waals surface area contributed by atoms with E-state index in [1.54, 1.807) is 0 Å². The number of ether oxygens (including phenoxy) is 2. The van der Waals surface area contributed by atoms with Crippen molar-refractivity contribution in [1.29, 1.82) is 0 Å². The van der Waals surface area contributed by atoms with E-state index in [4.69, 9.17) is 4.74 Å². The van der Waals surface area contributed by atoms with E-state index in [0.29, 0.717) is 33.2 Å². The van der Waals surface area contributed by atoms with Crippen LogP contribution in [0.1, 0.15) is 13.3 Å². The van der Waals surface area contributed by atoms with Crippen LogP contribution >= 0.6 is 0 Å². The molecular formula is C11H18F2N2O4. The number of alkyl halides is 2. The molecule has 110 valence electrons. The maximum atomic E-state index is 13.0. The quantitative estimate of drug-likeness (QED) is 0.766. The lowest BCUT2D eigenvalue weighted by atomic mass is 10.1. The number of carbonyl (C=O) groups excluding carboxylic acids is 2. The van der Waals surface area contributed by atoms with Crippen molar-refractivity contribution in [3.05, 3.63) is 0 Å². The van der Waals surface area contributed by atoms with Crippen molar-refractivity contribution >= 4 is 12.0 Å². The molecule has 1 heterocycles. The van der Waals surface area contributed by atoms with E-state index in [0.717, 1.165) is 7.11 Å². The van der Waals surface area contributed by atoms with E-state index in [2.05, 4.69) is 10.1 Å². The van der Waals surface area contributed by atoms with Crippen molar-refractivity contribution in [2.75, 3.05) is 33.4 Å². The van der Waals surface area contributed by atoms with E-state index >= 15 is 0 Å². The number of rotatable bonds is 4. The van der Waals surface area contributed by atoms with E-state index in [-0.39, 0.29) is 0 Å². The molecule has 1 saturated heterocycles. The summed E-state index contributed by atoms with van der Waals surface area (Å²) < 4.78 is 35.4. The van der Waals surface area contributed by atoms with Crippen LogP contribution in [-0.4, -0.2) is 62.3 Å². The summed E-state index contributed by atoms with van der Waals surface area (Å²) in [6.07, 6.45) is -0.796. The number of esters is 1. The van der Waals surface area contributed by atoms with Crippen LogP contribution in [0.4, 0.5) is 13.6 Å². The summed E-state index contributed by atoms with van der Waals surface area (Å²) in [5, 5.41) is 2.27. The number of urea groups is 1. The summed E-state index contributed by atoms with van der Waals surface area (Å²) in [5.41, 5.74) is 0. The average molecular weight is 280 g/mol. The first-order valence-electron chi connectivity index (χ1n) is 5.92. The van der Waals surface area contributed by atoms with Crippen molar-refractivity contribution in [3.8, 4) is 0 Å². The van der Waals surface area contributed by atoms with Gasteiger partial charge in [-0.15, -0.1) is 0 Å². The summed E-state index contributed by atoms with van der Waals surface area (Å²) in [7, 11) is 1.09. The van der Waals surface area contributed by atoms with Gasteiger partial charge in [0.05, 0.1) is 20.3 Å². The molecule has 0 radical (unpaired) electrons. The Balaban J connectivity index is 2.60. The zero-order valence-corrected chi connectivity index (χ0v) is 10.9. The Hall–Kier alpha value is -1.44. The standard InChI is InChI=1S/C11H18F2N2O4/c1-11(12,13)7-8(9(16)18-2)14-10(17)15-3-5-19-6-4-15/h8H,3-7H2,1-2H3,(H,14,17)/t8-/m0/s1. The highest BCUT2D eigenvalue weighted by Crippen LogP contribution is 2.19. The SMILES string of the molecule is COC(=O)[C@H](CC(C)(F)F)NC(=O)N1CCOCC1. The van der Waals surface area contributed by atoms with Gasteiger partial charge < -0.3 is 19.7 Å². The van der Waals surface area contributed by atoms with Crippen molar-refractivity contribution in [1.82, 2.24) is 10.2 Å². The average Bonchev–Trinajstić information content (AvgIpc) is 2.36. The van der Waals surface area contributed by atoms with Crippen LogP contribution in [0.2, 0.25) is 0 Å². The molecule has 1 aliphatic rings. The Morgan fingerprint density at radius 3 is 2.47 bits per heavy atom. The fraction of sp³-hybridized carbons (Fsp3) is 0.818. The number of methoxy groups -OCH3 is 1. The predicted molar refractivity (Wildman–Crippen MR) is 62.0 cm³/mol. The summed E-state index contributed by atoms with van der Waals surface area (Å²) in [4.78, 5) is 24.6. The second-order valence-electron chi connectivity index (χ2n) is 4.40. The second-order valence-corrected chi connectivity index (χ2v) is 4.40. The fourth-order valence-corrected chi connectivity index (χ4v) is 1.70. The third kappa shape index (κ3) is 5.37. The number of nitrogens with zero attached hydrogens (tertiary/aromatic N) is 1. The minimum absolute atomic E-state index is 0.363. The van der Waals surface area contributed by atoms with Gasteiger partial charge >= 0.3 is 12.0 Å². The molecule has 0 aromatic heterocycles. The monoisotopic (exact) mass is 280 g/mol. The predicted octanol–water partition coefficient (Wildman–Crippen LogP) is 0.615. The molecule has 0 aliphatic carbocycles. The number of halogens is 2. The number of hydrogen-bond acceptors (Lipinski definition) is 4. The molecule has 19 heavy (non-hydrogen) atoms. The molecule has 2 amide bonds. The maximum Gasteiger partial charge on any atom is 0.328 e. The molecule has 0 spiro atoms. The Labute approximate surface area is 110 Å². The van der Waals surface area contributed by atoms with Crippen molar-refractivity contribution < 1.29 is 27.8 Å². The number of carbonyl (C=O) groups is 2. The topological polar surface area (TPSA) is 67.9 Å². The molecular weight excluding hydrogens is 262 g/mol. The smallest absolute Gasteiger partial charge is 0.328 e. The summed E-state index contributed by atoms with van der Waals surface area (Å²) in [6, 6.07) is -1.93. The van der Waals surface area contributed by atoms with Gasteiger partial charge in [-0.05, 0) is 6.92 Å². The lowest BCUT2D eigenvalue weighted by molar-refractivity contribution is -0.145. The highest BCUT2D eigenvalue weighted by molar-refractivity contribution is 5.83. The Kier molecular flexibility index (Phi) is 5.46. The first-order chi connectivity index (χ1) is 8.83. The summed E-state index contributed by atoms with van der Waals surface area (Å²) >= 11 is 0. The van der Waals surface area contributed by atoms with Crippen LogP contribution in [0, 0.1) is 0 Å². The molecule has 0 aromatic rings. The largest absolute Gasteiger partial charge is 0.467 e. The molecule has 0 unspecified atom stereocenters. The zero-order valence-electron chi connectivity index (χ0n) is 10.9. The van der Waals surface area contributed by atoms with Gasteiger partial charge in [0.1, 0.15) is 6.04 Å². The number of hydrogen-bond donors (Lipinski definition) is 1. The highest BCUT2D eigenvalue weighted by Gasteiger charge is 2.34. The van der Waals surface area contributed by atoms with E-state index < -0.39 is 30.4 Å². The van der Waals surface area contributed by atoms with E-state index in [1.165, 1.54) is 4.90 Å². The molecule has 8 heteroatoms. The van der Waals surface area contributed by atoms with Gasteiger partial charge in [0, 0.05) is 19.5 Å². The first kappa shape index (κ1) is 15.6. The molecule has 0 aromatic carbocycles. The van der Waals surface area contributed by atoms with Crippen molar-refractivity contribution in [3.63, 3.8) is 0 Å². The molecule has 1 aliphatic heterocycles. The third-order valence-electron chi connectivity index (χ3n) is 2.64. The van der Waals surface area contributed by atoms with Crippen LogP contribution in [0.25, 0.3) is 0 Å². The van der Waals surface area contributed by atoms with Gasteiger partial charge in [-0.3, -0.25) is 0 Å². The Bertz CT molecular complexity index is 327. The van der Waals surface area contributed by atoms with Gasteiger partial charge in [-0.2, -0.15) is 0 Å². The van der Waals surface area contributed by atoms with Gasteiger partial charge in [0.2, 0.25) is 5.92 Å².